The molecule has 0 aliphatic rings. The summed E-state index contributed by atoms with van der Waals surface area (Å²) in [4.78, 5) is 11.6. The highest BCUT2D eigenvalue weighted by Crippen LogP contribution is 2.27. The highest BCUT2D eigenvalue weighted by atomic mass is 79.9. The average molecular weight is 284 g/mol. The lowest BCUT2D eigenvalue weighted by Crippen LogP contribution is -2.06. The number of hydrogen-bond donors (Lipinski definition) is 0. The normalized spacial score (nSPS) is 9.38. The molecule has 0 atom stereocenters. The lowest BCUT2D eigenvalue weighted by Gasteiger charge is -2.08. The van der Waals surface area contributed by atoms with E-state index in [0.717, 1.165) is 0 Å². The number of ether oxygens (including phenoxy) is 2. The van der Waals surface area contributed by atoms with Crippen LogP contribution in [0.2, 0.25) is 0 Å². The minimum absolute atomic E-state index is 0.282. The third-order valence-corrected chi connectivity index (χ3v) is 2.75. The minimum Gasteiger partial charge on any atom is -0.497 e. The van der Waals surface area contributed by atoms with Crippen LogP contribution in [0.1, 0.15) is 22.8 Å². The first-order valence-corrected chi connectivity index (χ1v) is 5.38. The quantitative estimate of drug-likeness (QED) is 0.800. The molecular weight excluding hydrogens is 274 g/mol. The van der Waals surface area contributed by atoms with E-state index in [1.807, 2.05) is 6.07 Å². The number of nitriles is 1. The Labute approximate surface area is 102 Å². The topological polar surface area (TPSA) is 59.3 Å². The van der Waals surface area contributed by atoms with Crippen molar-refractivity contribution < 1.29 is 14.3 Å². The van der Waals surface area contributed by atoms with Gasteiger partial charge in [-0.1, -0.05) is 0 Å². The fourth-order valence-corrected chi connectivity index (χ4v) is 1.63. The molecule has 5 heteroatoms. The van der Waals surface area contributed by atoms with Gasteiger partial charge in [-0.05, 0) is 35.0 Å². The highest BCUT2D eigenvalue weighted by Gasteiger charge is 2.16. The second kappa shape index (κ2) is 5.52. The SMILES string of the molecule is CCOC(=O)c1cc(OC)cc(C#N)c1Br. The zero-order valence-electron chi connectivity index (χ0n) is 8.91. The minimum atomic E-state index is -0.482. The van der Waals surface area contributed by atoms with E-state index in [2.05, 4.69) is 15.9 Å². The van der Waals surface area contributed by atoms with Gasteiger partial charge in [0.05, 0.1) is 29.3 Å². The molecular formula is C11H10BrNO3. The van der Waals surface area contributed by atoms with Crippen molar-refractivity contribution in [3.05, 3.63) is 27.7 Å². The maximum Gasteiger partial charge on any atom is 0.339 e. The molecule has 0 bridgehead atoms. The fraction of sp³-hybridized carbons (Fsp3) is 0.273. The number of methoxy groups -OCH3 is 1. The number of halogens is 1. The van der Waals surface area contributed by atoms with Crippen LogP contribution in [-0.2, 0) is 4.74 Å². The smallest absolute Gasteiger partial charge is 0.339 e. The molecule has 0 radical (unpaired) electrons. The molecule has 84 valence electrons. The van der Waals surface area contributed by atoms with Gasteiger partial charge in [-0.25, -0.2) is 4.79 Å². The monoisotopic (exact) mass is 283 g/mol. The van der Waals surface area contributed by atoms with E-state index in [0.29, 0.717) is 15.8 Å². The summed E-state index contributed by atoms with van der Waals surface area (Å²) in [5.74, 6) is -0.0346. The predicted octanol–water partition coefficient (Wildman–Crippen LogP) is 2.51. The molecule has 1 rings (SSSR count). The van der Waals surface area contributed by atoms with Gasteiger partial charge < -0.3 is 9.47 Å². The van der Waals surface area contributed by atoms with Gasteiger partial charge >= 0.3 is 5.97 Å². The highest BCUT2D eigenvalue weighted by molar-refractivity contribution is 9.10. The molecule has 0 heterocycles. The van der Waals surface area contributed by atoms with Gasteiger partial charge in [0, 0.05) is 0 Å². The van der Waals surface area contributed by atoms with E-state index < -0.39 is 5.97 Å². The molecule has 4 nitrogen and oxygen atoms in total. The maximum absolute atomic E-state index is 11.6. The van der Waals surface area contributed by atoms with Crippen molar-refractivity contribution in [3.8, 4) is 11.8 Å². The summed E-state index contributed by atoms with van der Waals surface area (Å²) >= 11 is 3.20. The molecule has 0 amide bonds. The van der Waals surface area contributed by atoms with Crippen molar-refractivity contribution in [2.24, 2.45) is 0 Å². The van der Waals surface area contributed by atoms with E-state index >= 15 is 0 Å². The summed E-state index contributed by atoms with van der Waals surface area (Å²) in [7, 11) is 1.47. The molecule has 1 aromatic carbocycles. The van der Waals surface area contributed by atoms with Gasteiger partial charge in [0.15, 0.2) is 0 Å². The van der Waals surface area contributed by atoms with Crippen LogP contribution < -0.4 is 4.74 Å². The van der Waals surface area contributed by atoms with Crippen LogP contribution >= 0.6 is 15.9 Å². The third kappa shape index (κ3) is 2.52. The van der Waals surface area contributed by atoms with Crippen LogP contribution in [0.25, 0.3) is 0 Å². The molecule has 0 unspecified atom stereocenters. The zero-order valence-corrected chi connectivity index (χ0v) is 10.5. The first-order valence-electron chi connectivity index (χ1n) is 4.58. The zero-order chi connectivity index (χ0) is 12.1. The van der Waals surface area contributed by atoms with Crippen molar-refractivity contribution in [1.82, 2.24) is 0 Å². The van der Waals surface area contributed by atoms with E-state index in [1.165, 1.54) is 13.2 Å². The van der Waals surface area contributed by atoms with E-state index in [4.69, 9.17) is 14.7 Å². The summed E-state index contributed by atoms with van der Waals surface area (Å²) in [5.41, 5.74) is 0.625. The molecule has 0 saturated heterocycles. The Hall–Kier alpha value is -1.54. The second-order valence-electron chi connectivity index (χ2n) is 2.87. The molecule has 0 saturated carbocycles. The van der Waals surface area contributed by atoms with Gasteiger partial charge in [-0.2, -0.15) is 5.26 Å². The van der Waals surface area contributed by atoms with Crippen LogP contribution in [0.5, 0.6) is 5.75 Å². The van der Waals surface area contributed by atoms with E-state index in [1.54, 1.807) is 13.0 Å². The van der Waals surface area contributed by atoms with Crippen molar-refractivity contribution >= 4 is 21.9 Å². The van der Waals surface area contributed by atoms with Crippen molar-refractivity contribution in [2.75, 3.05) is 13.7 Å². The van der Waals surface area contributed by atoms with Gasteiger partial charge in [0.2, 0.25) is 0 Å². The van der Waals surface area contributed by atoms with Gasteiger partial charge in [0.25, 0.3) is 0 Å². The average Bonchev–Trinajstić information content (AvgIpc) is 2.29. The first-order chi connectivity index (χ1) is 7.63. The van der Waals surface area contributed by atoms with Gasteiger partial charge in [0.1, 0.15) is 11.8 Å². The molecule has 16 heavy (non-hydrogen) atoms. The van der Waals surface area contributed by atoms with Crippen LogP contribution in [-0.4, -0.2) is 19.7 Å². The first kappa shape index (κ1) is 12.5. The lowest BCUT2D eigenvalue weighted by molar-refractivity contribution is 0.0525. The molecule has 0 aromatic heterocycles. The Kier molecular flexibility index (Phi) is 4.32. The van der Waals surface area contributed by atoms with Crippen molar-refractivity contribution in [1.29, 1.82) is 5.26 Å². The number of nitrogens with zero attached hydrogens (tertiary/aromatic N) is 1. The Morgan fingerprint density at radius 3 is 2.75 bits per heavy atom. The largest absolute Gasteiger partial charge is 0.497 e. The molecule has 0 aliphatic heterocycles. The van der Waals surface area contributed by atoms with E-state index in [-0.39, 0.29) is 12.2 Å². The lowest BCUT2D eigenvalue weighted by atomic mass is 10.1. The molecule has 1 aromatic rings. The summed E-state index contributed by atoms with van der Waals surface area (Å²) in [6.45, 7) is 2.00. The standard InChI is InChI=1S/C11H10BrNO3/c1-3-16-11(14)9-5-8(15-2)4-7(6-13)10(9)12/h4-5H,3H2,1-2H3. The van der Waals surface area contributed by atoms with Gasteiger partial charge in [-0.15, -0.1) is 0 Å². The Morgan fingerprint density at radius 2 is 2.25 bits per heavy atom. The number of hydrogen-bond acceptors (Lipinski definition) is 4. The number of carbonyl (C=O) groups is 1. The second-order valence-corrected chi connectivity index (χ2v) is 3.66. The molecule has 0 N–H and O–H groups in total. The summed E-state index contributed by atoms with van der Waals surface area (Å²) in [5, 5.41) is 8.89. The van der Waals surface area contributed by atoms with Gasteiger partial charge in [-0.3, -0.25) is 0 Å². The Balaban J connectivity index is 3.27. The number of rotatable bonds is 3. The molecule has 0 aliphatic carbocycles. The number of carbonyl (C=O) groups excluding carboxylic acids is 1. The van der Waals surface area contributed by atoms with Crippen molar-refractivity contribution in [3.63, 3.8) is 0 Å². The fourth-order valence-electron chi connectivity index (χ4n) is 1.15. The third-order valence-electron chi connectivity index (χ3n) is 1.90. The summed E-state index contributed by atoms with van der Waals surface area (Å²) in [6, 6.07) is 5.05. The number of benzene rings is 1. The van der Waals surface area contributed by atoms with Crippen LogP contribution in [0, 0.1) is 11.3 Å². The van der Waals surface area contributed by atoms with Crippen LogP contribution in [0.3, 0.4) is 0 Å². The molecule has 0 spiro atoms. The maximum atomic E-state index is 11.6. The number of esters is 1. The van der Waals surface area contributed by atoms with Crippen LogP contribution in [0.15, 0.2) is 16.6 Å². The summed E-state index contributed by atoms with van der Waals surface area (Å²) < 4.78 is 10.3. The molecule has 0 fully saturated rings. The Bertz CT molecular complexity index is 451. The van der Waals surface area contributed by atoms with Crippen molar-refractivity contribution in [2.45, 2.75) is 6.92 Å². The predicted molar refractivity (Wildman–Crippen MR) is 61.4 cm³/mol. The Morgan fingerprint density at radius 1 is 1.56 bits per heavy atom. The summed E-state index contributed by atoms with van der Waals surface area (Å²) in [6.07, 6.45) is 0. The van der Waals surface area contributed by atoms with E-state index in [9.17, 15) is 4.79 Å². The van der Waals surface area contributed by atoms with Crippen LogP contribution in [0.4, 0.5) is 0 Å².